The summed E-state index contributed by atoms with van der Waals surface area (Å²) in [4.78, 5) is 31.3. The van der Waals surface area contributed by atoms with Crippen LogP contribution < -0.4 is 10.2 Å². The highest BCUT2D eigenvalue weighted by Gasteiger charge is 2.19. The molecule has 0 fully saturated rings. The molecule has 0 atom stereocenters. The van der Waals surface area contributed by atoms with Gasteiger partial charge in [0.1, 0.15) is 0 Å². The van der Waals surface area contributed by atoms with Gasteiger partial charge in [0.25, 0.3) is 5.91 Å². The summed E-state index contributed by atoms with van der Waals surface area (Å²) in [6, 6.07) is 22.0. The van der Waals surface area contributed by atoms with Crippen LogP contribution in [0.2, 0.25) is 0 Å². The number of anilines is 1. The van der Waals surface area contributed by atoms with Gasteiger partial charge in [-0.25, -0.2) is 4.79 Å². The Bertz CT molecular complexity index is 1380. The van der Waals surface area contributed by atoms with E-state index in [1.54, 1.807) is 54.5 Å². The van der Waals surface area contributed by atoms with Gasteiger partial charge in [0.2, 0.25) is 0 Å². The summed E-state index contributed by atoms with van der Waals surface area (Å²) in [5, 5.41) is 4.86. The van der Waals surface area contributed by atoms with E-state index in [0.29, 0.717) is 30.0 Å². The highest BCUT2D eigenvalue weighted by molar-refractivity contribution is 9.10. The number of ether oxygens (including phenoxy) is 1. The summed E-state index contributed by atoms with van der Waals surface area (Å²) in [5.74, 6) is -0.700. The maximum atomic E-state index is 13.3. The number of pyridine rings is 1. The molecule has 176 valence electrons. The third-order valence-electron chi connectivity index (χ3n) is 5.33. The molecule has 1 N–H and O–H groups in total. The number of hydrogen-bond acceptors (Lipinski definition) is 5. The second kappa shape index (κ2) is 11.2. The fraction of sp³-hybridized carbons (Fsp3) is 0.111. The zero-order valence-corrected chi connectivity index (χ0v) is 21.3. The first-order chi connectivity index (χ1) is 17.0. The van der Waals surface area contributed by atoms with Crippen molar-refractivity contribution < 1.29 is 14.3 Å². The molecule has 1 aromatic heterocycles. The van der Waals surface area contributed by atoms with Gasteiger partial charge < -0.3 is 9.64 Å². The molecule has 4 aromatic rings. The number of benzene rings is 3. The van der Waals surface area contributed by atoms with Gasteiger partial charge in [0.15, 0.2) is 5.11 Å². The van der Waals surface area contributed by atoms with Crippen LogP contribution in [0.1, 0.15) is 33.2 Å². The van der Waals surface area contributed by atoms with Crippen molar-refractivity contribution >= 4 is 61.6 Å². The number of nitrogens with zero attached hydrogens (tertiary/aromatic N) is 2. The van der Waals surface area contributed by atoms with Gasteiger partial charge >= 0.3 is 5.97 Å². The SMILES string of the molecule is CCOC(=O)c1ccc(N(Cc2cccnc2)C(=S)NC(=O)c2cccc3c(Br)cccc23)cc1. The van der Waals surface area contributed by atoms with Crippen LogP contribution in [0.3, 0.4) is 0 Å². The van der Waals surface area contributed by atoms with Crippen LogP contribution in [0, 0.1) is 0 Å². The summed E-state index contributed by atoms with van der Waals surface area (Å²) in [6.45, 7) is 2.44. The van der Waals surface area contributed by atoms with E-state index in [2.05, 4.69) is 26.2 Å². The Balaban J connectivity index is 1.62. The van der Waals surface area contributed by atoms with Crippen LogP contribution in [-0.2, 0) is 11.3 Å². The number of esters is 1. The highest BCUT2D eigenvalue weighted by atomic mass is 79.9. The van der Waals surface area contributed by atoms with Gasteiger partial charge in [-0.05, 0) is 77.9 Å². The molecule has 0 aliphatic carbocycles. The van der Waals surface area contributed by atoms with Crippen molar-refractivity contribution in [2.75, 3.05) is 11.5 Å². The third kappa shape index (κ3) is 5.72. The Hall–Kier alpha value is -3.62. The molecule has 0 saturated heterocycles. The number of thiocarbonyl (C=S) groups is 1. The average molecular weight is 548 g/mol. The molecule has 1 heterocycles. The molecule has 0 aliphatic heterocycles. The number of aromatic nitrogens is 1. The minimum atomic E-state index is -0.393. The fourth-order valence-corrected chi connectivity index (χ4v) is 4.41. The third-order valence-corrected chi connectivity index (χ3v) is 6.35. The molecule has 0 saturated carbocycles. The Morgan fingerprint density at radius 2 is 1.74 bits per heavy atom. The van der Waals surface area contributed by atoms with Gasteiger partial charge in [-0.3, -0.25) is 15.1 Å². The van der Waals surface area contributed by atoms with E-state index in [0.717, 1.165) is 20.8 Å². The van der Waals surface area contributed by atoms with Crippen molar-refractivity contribution in [2.24, 2.45) is 0 Å². The summed E-state index contributed by atoms with van der Waals surface area (Å²) in [6.07, 6.45) is 3.44. The molecular weight excluding hydrogens is 526 g/mol. The van der Waals surface area contributed by atoms with Crippen molar-refractivity contribution in [2.45, 2.75) is 13.5 Å². The Labute approximate surface area is 217 Å². The maximum Gasteiger partial charge on any atom is 0.338 e. The average Bonchev–Trinajstić information content (AvgIpc) is 2.88. The van der Waals surface area contributed by atoms with Gasteiger partial charge in [-0.15, -0.1) is 0 Å². The van der Waals surface area contributed by atoms with Crippen LogP contribution in [0.5, 0.6) is 0 Å². The first kappa shape index (κ1) is 24.5. The van der Waals surface area contributed by atoms with Crippen molar-refractivity contribution in [1.29, 1.82) is 0 Å². The summed E-state index contributed by atoms with van der Waals surface area (Å²) in [5.41, 5.74) is 2.58. The molecule has 0 unspecified atom stereocenters. The van der Waals surface area contributed by atoms with Gasteiger partial charge in [-0.2, -0.15) is 0 Å². The standard InChI is InChI=1S/C27H22BrN3O3S/c1-2-34-26(33)19-11-13-20(14-12-19)31(17-18-6-5-15-29-16-18)27(35)30-25(32)23-9-3-8-22-21(23)7-4-10-24(22)28/h3-16H,2,17H2,1H3,(H,30,32,35). The molecule has 35 heavy (non-hydrogen) atoms. The number of hydrogen-bond donors (Lipinski definition) is 1. The summed E-state index contributed by atoms with van der Waals surface area (Å²) < 4.78 is 5.98. The highest BCUT2D eigenvalue weighted by Crippen LogP contribution is 2.26. The first-order valence-corrected chi connectivity index (χ1v) is 12.1. The smallest absolute Gasteiger partial charge is 0.338 e. The molecule has 1 amide bonds. The second-order valence-corrected chi connectivity index (χ2v) is 8.86. The molecule has 0 aliphatic rings. The van der Waals surface area contributed by atoms with Crippen LogP contribution in [0.15, 0.2) is 89.7 Å². The molecular formula is C27H22BrN3O3S. The minimum Gasteiger partial charge on any atom is -0.462 e. The van der Waals surface area contributed by atoms with E-state index in [9.17, 15) is 9.59 Å². The van der Waals surface area contributed by atoms with Crippen molar-refractivity contribution in [1.82, 2.24) is 10.3 Å². The van der Waals surface area contributed by atoms with Crippen LogP contribution in [0.25, 0.3) is 10.8 Å². The van der Waals surface area contributed by atoms with Gasteiger partial charge in [0, 0.05) is 28.1 Å². The minimum absolute atomic E-state index is 0.231. The Morgan fingerprint density at radius 3 is 2.46 bits per heavy atom. The molecule has 0 bridgehead atoms. The molecule has 4 rings (SSSR count). The lowest BCUT2D eigenvalue weighted by molar-refractivity contribution is 0.0526. The number of rotatable bonds is 6. The first-order valence-electron chi connectivity index (χ1n) is 10.9. The van der Waals surface area contributed by atoms with E-state index in [-0.39, 0.29) is 11.0 Å². The number of carbonyl (C=O) groups excluding carboxylic acids is 2. The van der Waals surface area contributed by atoms with E-state index >= 15 is 0 Å². The predicted octanol–water partition coefficient (Wildman–Crippen LogP) is 5.90. The normalized spacial score (nSPS) is 10.6. The van der Waals surface area contributed by atoms with Crippen molar-refractivity contribution in [3.05, 3.63) is 106 Å². The largest absolute Gasteiger partial charge is 0.462 e. The fourth-order valence-electron chi connectivity index (χ4n) is 3.65. The molecule has 6 nitrogen and oxygen atoms in total. The van der Waals surface area contributed by atoms with Gasteiger partial charge in [0.05, 0.1) is 18.7 Å². The van der Waals surface area contributed by atoms with E-state index in [1.165, 1.54) is 0 Å². The maximum absolute atomic E-state index is 13.3. The molecule has 0 radical (unpaired) electrons. The molecule has 0 spiro atoms. The number of halogens is 1. The van der Waals surface area contributed by atoms with Crippen molar-refractivity contribution in [3.63, 3.8) is 0 Å². The number of carbonyl (C=O) groups is 2. The van der Waals surface area contributed by atoms with E-state index in [4.69, 9.17) is 17.0 Å². The second-order valence-electron chi connectivity index (χ2n) is 7.61. The Morgan fingerprint density at radius 1 is 1.00 bits per heavy atom. The topological polar surface area (TPSA) is 71.5 Å². The number of fused-ring (bicyclic) bond motifs is 1. The summed E-state index contributed by atoms with van der Waals surface area (Å²) in [7, 11) is 0. The predicted molar refractivity (Wildman–Crippen MR) is 145 cm³/mol. The van der Waals surface area contributed by atoms with Gasteiger partial charge in [-0.1, -0.05) is 46.3 Å². The molecule has 8 heteroatoms. The summed E-state index contributed by atoms with van der Waals surface area (Å²) >= 11 is 9.22. The quantitative estimate of drug-likeness (QED) is 0.239. The Kier molecular flexibility index (Phi) is 7.84. The van der Waals surface area contributed by atoms with Crippen LogP contribution >= 0.6 is 28.1 Å². The van der Waals surface area contributed by atoms with Crippen LogP contribution in [0.4, 0.5) is 5.69 Å². The zero-order valence-electron chi connectivity index (χ0n) is 18.9. The van der Waals surface area contributed by atoms with E-state index < -0.39 is 5.97 Å². The van der Waals surface area contributed by atoms with E-state index in [1.807, 2.05) is 42.5 Å². The number of nitrogens with one attached hydrogen (secondary N) is 1. The molecule has 3 aromatic carbocycles. The van der Waals surface area contributed by atoms with Crippen molar-refractivity contribution in [3.8, 4) is 0 Å². The van der Waals surface area contributed by atoms with Crippen LogP contribution in [-0.4, -0.2) is 28.6 Å². The monoisotopic (exact) mass is 547 g/mol. The zero-order chi connectivity index (χ0) is 24.8. The number of amides is 1. The lowest BCUT2D eigenvalue weighted by Crippen LogP contribution is -2.42. The lowest BCUT2D eigenvalue weighted by Gasteiger charge is -2.26. The lowest BCUT2D eigenvalue weighted by atomic mass is 10.0.